The highest BCUT2D eigenvalue weighted by Crippen LogP contribution is 2.15. The first-order chi connectivity index (χ1) is 11.6. The van der Waals surface area contributed by atoms with E-state index < -0.39 is 0 Å². The molecule has 0 amide bonds. The molecule has 1 fully saturated rings. The molecule has 0 unspecified atom stereocenters. The molecule has 2 aromatic carbocycles. The van der Waals surface area contributed by atoms with Gasteiger partial charge in [0.2, 0.25) is 0 Å². The maximum atomic E-state index is 13.0. The van der Waals surface area contributed by atoms with Crippen molar-refractivity contribution in [1.29, 1.82) is 0 Å². The molecule has 1 saturated heterocycles. The number of nitrogens with one attached hydrogen (secondary N) is 1. The highest BCUT2D eigenvalue weighted by atomic mass is 32.1. The van der Waals surface area contributed by atoms with Crippen molar-refractivity contribution >= 4 is 23.0 Å². The van der Waals surface area contributed by atoms with Crippen LogP contribution in [-0.4, -0.2) is 41.1 Å². The van der Waals surface area contributed by atoms with E-state index in [1.807, 2.05) is 30.3 Å². The number of nitrogens with zero attached hydrogens (tertiary/aromatic N) is 2. The summed E-state index contributed by atoms with van der Waals surface area (Å²) in [5, 5.41) is 4.13. The molecule has 3 rings (SSSR count). The van der Waals surface area contributed by atoms with Crippen LogP contribution in [0.2, 0.25) is 0 Å². The van der Waals surface area contributed by atoms with Crippen LogP contribution in [-0.2, 0) is 6.54 Å². The molecule has 5 heteroatoms. The zero-order valence-electron chi connectivity index (χ0n) is 13.8. The number of halogens is 1. The molecule has 0 spiro atoms. The molecule has 0 bridgehead atoms. The van der Waals surface area contributed by atoms with Gasteiger partial charge in [-0.2, -0.15) is 0 Å². The van der Waals surface area contributed by atoms with E-state index in [1.165, 1.54) is 17.7 Å². The Hall–Kier alpha value is -1.98. The maximum Gasteiger partial charge on any atom is 0.173 e. The van der Waals surface area contributed by atoms with Crippen molar-refractivity contribution in [3.8, 4) is 0 Å². The SMILES string of the molecule is Cc1ccccc1NC(=S)N1CCN(Cc2ccc(F)cc2)CC1. The summed E-state index contributed by atoms with van der Waals surface area (Å²) in [6.45, 7) is 6.63. The minimum Gasteiger partial charge on any atom is -0.346 e. The topological polar surface area (TPSA) is 18.5 Å². The number of para-hydroxylation sites is 1. The lowest BCUT2D eigenvalue weighted by Crippen LogP contribution is -2.49. The second-order valence-corrected chi connectivity index (χ2v) is 6.52. The highest BCUT2D eigenvalue weighted by molar-refractivity contribution is 7.80. The van der Waals surface area contributed by atoms with Crippen LogP contribution in [0.15, 0.2) is 48.5 Å². The Morgan fingerprint density at radius 3 is 2.38 bits per heavy atom. The van der Waals surface area contributed by atoms with Gasteiger partial charge in [0, 0.05) is 38.4 Å². The van der Waals surface area contributed by atoms with Gasteiger partial charge in [0.05, 0.1) is 0 Å². The fourth-order valence-corrected chi connectivity index (χ4v) is 3.16. The summed E-state index contributed by atoms with van der Waals surface area (Å²) >= 11 is 5.55. The molecule has 0 saturated carbocycles. The van der Waals surface area contributed by atoms with E-state index in [2.05, 4.69) is 28.1 Å². The van der Waals surface area contributed by atoms with Crippen molar-refractivity contribution in [2.45, 2.75) is 13.5 Å². The van der Waals surface area contributed by atoms with Gasteiger partial charge in [0.15, 0.2) is 5.11 Å². The lowest BCUT2D eigenvalue weighted by molar-refractivity contribution is 0.177. The molecular formula is C19H22FN3S. The number of thiocarbonyl (C=S) groups is 1. The molecule has 3 nitrogen and oxygen atoms in total. The first-order valence-electron chi connectivity index (χ1n) is 8.20. The predicted molar refractivity (Wildman–Crippen MR) is 101 cm³/mol. The van der Waals surface area contributed by atoms with E-state index >= 15 is 0 Å². The first-order valence-corrected chi connectivity index (χ1v) is 8.61. The molecule has 1 heterocycles. The molecule has 0 radical (unpaired) electrons. The fourth-order valence-electron chi connectivity index (χ4n) is 2.86. The van der Waals surface area contributed by atoms with Crippen molar-refractivity contribution in [2.24, 2.45) is 0 Å². The molecule has 1 N–H and O–H groups in total. The number of benzene rings is 2. The van der Waals surface area contributed by atoms with Crippen molar-refractivity contribution in [2.75, 3.05) is 31.5 Å². The molecular weight excluding hydrogens is 321 g/mol. The summed E-state index contributed by atoms with van der Waals surface area (Å²) in [6, 6.07) is 14.9. The standard InChI is InChI=1S/C19H22FN3S/c1-15-4-2-3-5-18(15)21-19(24)23-12-10-22(11-13-23)14-16-6-8-17(20)9-7-16/h2-9H,10-14H2,1H3,(H,21,24). The number of hydrogen-bond donors (Lipinski definition) is 1. The van der Waals surface area contributed by atoms with Gasteiger partial charge in [0.25, 0.3) is 0 Å². The summed E-state index contributed by atoms with van der Waals surface area (Å²) in [5.74, 6) is -0.184. The van der Waals surface area contributed by atoms with Crippen molar-refractivity contribution in [3.05, 3.63) is 65.5 Å². The van der Waals surface area contributed by atoms with E-state index in [0.29, 0.717) is 0 Å². The summed E-state index contributed by atoms with van der Waals surface area (Å²) in [7, 11) is 0. The smallest absolute Gasteiger partial charge is 0.173 e. The molecule has 126 valence electrons. The zero-order chi connectivity index (χ0) is 16.9. The second-order valence-electron chi connectivity index (χ2n) is 6.13. The predicted octanol–water partition coefficient (Wildman–Crippen LogP) is 3.65. The third-order valence-electron chi connectivity index (χ3n) is 4.37. The largest absolute Gasteiger partial charge is 0.346 e. The van der Waals surface area contributed by atoms with E-state index in [9.17, 15) is 4.39 Å². The maximum absolute atomic E-state index is 13.0. The molecule has 0 aromatic heterocycles. The van der Waals surface area contributed by atoms with Crippen LogP contribution in [0.3, 0.4) is 0 Å². The Kier molecular flexibility index (Phi) is 5.43. The number of anilines is 1. The van der Waals surface area contributed by atoms with Crippen LogP contribution < -0.4 is 5.32 Å². The van der Waals surface area contributed by atoms with Crippen LogP contribution in [0.25, 0.3) is 0 Å². The van der Waals surface area contributed by atoms with E-state index in [4.69, 9.17) is 12.2 Å². The highest BCUT2D eigenvalue weighted by Gasteiger charge is 2.19. The van der Waals surface area contributed by atoms with Gasteiger partial charge < -0.3 is 10.2 Å². The summed E-state index contributed by atoms with van der Waals surface area (Å²) in [5.41, 5.74) is 3.40. The van der Waals surface area contributed by atoms with Crippen LogP contribution in [0.1, 0.15) is 11.1 Å². The zero-order valence-corrected chi connectivity index (χ0v) is 14.7. The second kappa shape index (κ2) is 7.73. The average molecular weight is 343 g/mol. The van der Waals surface area contributed by atoms with Crippen LogP contribution >= 0.6 is 12.2 Å². The summed E-state index contributed by atoms with van der Waals surface area (Å²) in [4.78, 5) is 4.59. The van der Waals surface area contributed by atoms with Gasteiger partial charge in [-0.15, -0.1) is 0 Å². The van der Waals surface area contributed by atoms with Gasteiger partial charge >= 0.3 is 0 Å². The van der Waals surface area contributed by atoms with Gasteiger partial charge in [-0.05, 0) is 48.5 Å². The number of piperazine rings is 1. The van der Waals surface area contributed by atoms with Gasteiger partial charge in [-0.1, -0.05) is 30.3 Å². The third kappa shape index (κ3) is 4.30. The minimum atomic E-state index is -0.184. The molecule has 1 aliphatic rings. The Labute approximate surface area is 148 Å². The lowest BCUT2D eigenvalue weighted by Gasteiger charge is -2.36. The summed E-state index contributed by atoms with van der Waals surface area (Å²) in [6.07, 6.45) is 0. The Morgan fingerprint density at radius 2 is 1.71 bits per heavy atom. The van der Waals surface area contributed by atoms with Crippen LogP contribution in [0.4, 0.5) is 10.1 Å². The number of aryl methyl sites for hydroxylation is 1. The fraction of sp³-hybridized carbons (Fsp3) is 0.316. The Balaban J connectivity index is 1.50. The third-order valence-corrected chi connectivity index (χ3v) is 4.73. The Bertz CT molecular complexity index is 694. The van der Waals surface area contributed by atoms with E-state index in [-0.39, 0.29) is 5.82 Å². The van der Waals surface area contributed by atoms with Gasteiger partial charge in [-0.3, -0.25) is 4.90 Å². The molecule has 2 aromatic rings. The van der Waals surface area contributed by atoms with Crippen LogP contribution in [0.5, 0.6) is 0 Å². The van der Waals surface area contributed by atoms with E-state index in [1.54, 1.807) is 0 Å². The number of rotatable bonds is 3. The minimum absolute atomic E-state index is 0.184. The van der Waals surface area contributed by atoms with E-state index in [0.717, 1.165) is 49.1 Å². The lowest BCUT2D eigenvalue weighted by atomic mass is 10.2. The van der Waals surface area contributed by atoms with Crippen molar-refractivity contribution in [1.82, 2.24) is 9.80 Å². The monoisotopic (exact) mass is 343 g/mol. The Morgan fingerprint density at radius 1 is 1.04 bits per heavy atom. The molecule has 0 atom stereocenters. The normalized spacial score (nSPS) is 15.3. The first kappa shape index (κ1) is 16.9. The van der Waals surface area contributed by atoms with Crippen molar-refractivity contribution < 1.29 is 4.39 Å². The molecule has 0 aliphatic carbocycles. The number of hydrogen-bond acceptors (Lipinski definition) is 2. The van der Waals surface area contributed by atoms with Crippen molar-refractivity contribution in [3.63, 3.8) is 0 Å². The quantitative estimate of drug-likeness (QED) is 0.857. The molecule has 24 heavy (non-hydrogen) atoms. The van der Waals surface area contributed by atoms with Crippen LogP contribution in [0, 0.1) is 12.7 Å². The van der Waals surface area contributed by atoms with Gasteiger partial charge in [0.1, 0.15) is 5.82 Å². The molecule has 1 aliphatic heterocycles. The van der Waals surface area contributed by atoms with Gasteiger partial charge in [-0.25, -0.2) is 4.39 Å². The average Bonchev–Trinajstić information content (AvgIpc) is 2.59. The summed E-state index contributed by atoms with van der Waals surface area (Å²) < 4.78 is 13.0.